The molecule has 2 aromatic heterocycles. The summed E-state index contributed by atoms with van der Waals surface area (Å²) in [6.45, 7) is 10.8. The normalized spacial score (nSPS) is 19.0. The number of nitrogens with one attached hydrogen (secondary N) is 4. The second kappa shape index (κ2) is 12.9. The number of H-pyrrole nitrogens is 1. The van der Waals surface area contributed by atoms with Crippen molar-refractivity contribution in [1.29, 1.82) is 0 Å². The number of benzene rings is 1. The Morgan fingerprint density at radius 1 is 1.07 bits per heavy atom. The smallest absolute Gasteiger partial charge is 0.408 e. The molecule has 4 N–H and O–H groups in total. The number of alkyl carbamates (subject to hydrolysis) is 1. The highest BCUT2D eigenvalue weighted by atomic mass is 35.5. The Balaban J connectivity index is 1.40. The molecular weight excluding hydrogens is 588 g/mol. The van der Waals surface area contributed by atoms with Crippen LogP contribution in [0, 0.1) is 0 Å². The number of rotatable bonds is 8. The molecule has 2 saturated heterocycles. The number of anilines is 1. The number of carbonyl (C=O) groups excluding carboxylic acids is 2. The number of thiol groups is 1. The van der Waals surface area contributed by atoms with Crippen molar-refractivity contribution in [2.24, 2.45) is 0 Å². The van der Waals surface area contributed by atoms with Gasteiger partial charge >= 0.3 is 6.09 Å². The Kier molecular flexibility index (Phi) is 9.40. The first-order valence-corrected chi connectivity index (χ1v) is 15.6. The Labute approximate surface area is 262 Å². The molecule has 0 aliphatic carbocycles. The minimum Gasteiger partial charge on any atom is -0.444 e. The van der Waals surface area contributed by atoms with E-state index in [4.69, 9.17) is 29.0 Å². The number of halogens is 1. The first-order valence-electron chi connectivity index (χ1n) is 14.7. The van der Waals surface area contributed by atoms with Gasteiger partial charge in [0.25, 0.3) is 0 Å². The predicted molar refractivity (Wildman–Crippen MR) is 172 cm³/mol. The van der Waals surface area contributed by atoms with Crippen LogP contribution in [0.3, 0.4) is 0 Å². The van der Waals surface area contributed by atoms with E-state index in [1.807, 2.05) is 24.4 Å². The minimum absolute atomic E-state index is 0.308. The fourth-order valence-corrected chi connectivity index (χ4v) is 6.16. The highest BCUT2D eigenvalue weighted by molar-refractivity contribution is 7.81. The van der Waals surface area contributed by atoms with E-state index in [0.29, 0.717) is 37.4 Å². The molecule has 3 aromatic rings. The zero-order valence-electron chi connectivity index (χ0n) is 25.0. The van der Waals surface area contributed by atoms with Gasteiger partial charge in [-0.2, -0.15) is 0 Å². The molecular formula is C30H41ClN8O3S. The maximum Gasteiger partial charge on any atom is 0.408 e. The predicted octanol–water partition coefficient (Wildman–Crippen LogP) is 3.67. The lowest BCUT2D eigenvalue weighted by Crippen LogP contribution is -2.65. The van der Waals surface area contributed by atoms with Gasteiger partial charge in [0.2, 0.25) is 5.91 Å². The molecule has 4 heterocycles. The van der Waals surface area contributed by atoms with Crippen molar-refractivity contribution in [3.05, 3.63) is 53.4 Å². The first-order chi connectivity index (χ1) is 20.5. The molecule has 0 bridgehead atoms. The van der Waals surface area contributed by atoms with Gasteiger partial charge in [-0.25, -0.2) is 14.8 Å². The minimum atomic E-state index is -1.22. The lowest BCUT2D eigenvalue weighted by atomic mass is 9.85. The maximum atomic E-state index is 14.4. The second-order valence-corrected chi connectivity index (χ2v) is 13.5. The summed E-state index contributed by atoms with van der Waals surface area (Å²) in [7, 11) is 0. The number of carbonyl (C=O) groups is 2. The zero-order chi connectivity index (χ0) is 30.7. The number of piperidine rings is 1. The third-order valence-electron chi connectivity index (χ3n) is 8.07. The molecule has 0 unspecified atom stereocenters. The fraction of sp³-hybridized carbons (Fsp3) is 0.533. The van der Waals surface area contributed by atoms with E-state index >= 15 is 0 Å². The molecule has 2 aliphatic rings. The van der Waals surface area contributed by atoms with Crippen molar-refractivity contribution in [2.75, 3.05) is 50.7 Å². The van der Waals surface area contributed by atoms with Crippen LogP contribution in [0.5, 0.6) is 0 Å². The van der Waals surface area contributed by atoms with E-state index < -0.39 is 22.1 Å². The van der Waals surface area contributed by atoms with Crippen molar-refractivity contribution in [3.63, 3.8) is 0 Å². The van der Waals surface area contributed by atoms with Gasteiger partial charge in [-0.05, 0) is 63.8 Å². The summed E-state index contributed by atoms with van der Waals surface area (Å²) in [6, 6.07) is 9.32. The SMILES string of the molecule is CC(C)(C)OC(=O)NC1(C(=O)N[C@](S)(CCN2CCNCC2)c2ccc(Cl)cc2)CCN(c2ncnc3[nH]ccc23)CC1. The average Bonchev–Trinajstić information content (AvgIpc) is 3.46. The molecule has 11 nitrogen and oxygen atoms in total. The summed E-state index contributed by atoms with van der Waals surface area (Å²) >= 11 is 11.3. The lowest BCUT2D eigenvalue weighted by molar-refractivity contribution is -0.130. The van der Waals surface area contributed by atoms with E-state index in [-0.39, 0.29) is 5.91 Å². The monoisotopic (exact) mass is 628 g/mol. The van der Waals surface area contributed by atoms with Crippen LogP contribution in [-0.2, 0) is 14.4 Å². The molecule has 5 rings (SSSR count). The van der Waals surface area contributed by atoms with Crippen LogP contribution in [0.15, 0.2) is 42.9 Å². The van der Waals surface area contributed by atoms with Crippen molar-refractivity contribution in [1.82, 2.24) is 35.8 Å². The van der Waals surface area contributed by atoms with E-state index in [0.717, 1.165) is 55.1 Å². The molecule has 0 spiro atoms. The van der Waals surface area contributed by atoms with Gasteiger partial charge < -0.3 is 35.5 Å². The van der Waals surface area contributed by atoms with Gasteiger partial charge in [0.15, 0.2) is 0 Å². The van der Waals surface area contributed by atoms with Gasteiger partial charge in [0.1, 0.15) is 33.8 Å². The lowest BCUT2D eigenvalue weighted by Gasteiger charge is -2.44. The number of nitrogens with zero attached hydrogens (tertiary/aromatic N) is 4. The Bertz CT molecular complexity index is 1410. The number of aromatic nitrogens is 3. The molecule has 0 radical (unpaired) electrons. The molecule has 2 fully saturated rings. The van der Waals surface area contributed by atoms with Gasteiger partial charge in [0.05, 0.1) is 5.39 Å². The Morgan fingerprint density at radius 2 is 1.77 bits per heavy atom. The van der Waals surface area contributed by atoms with Crippen LogP contribution >= 0.6 is 24.2 Å². The number of aromatic amines is 1. The maximum absolute atomic E-state index is 14.4. The van der Waals surface area contributed by atoms with Crippen LogP contribution in [0.25, 0.3) is 11.0 Å². The molecule has 232 valence electrons. The molecule has 13 heteroatoms. The van der Waals surface area contributed by atoms with Gasteiger partial charge in [-0.15, -0.1) is 12.6 Å². The molecule has 0 saturated carbocycles. The van der Waals surface area contributed by atoms with E-state index in [1.165, 1.54) is 6.33 Å². The van der Waals surface area contributed by atoms with Crippen molar-refractivity contribution in [3.8, 4) is 0 Å². The summed E-state index contributed by atoms with van der Waals surface area (Å²) in [4.78, 5) is 43.0. The number of hydrogen-bond acceptors (Lipinski definition) is 9. The fourth-order valence-electron chi connectivity index (χ4n) is 5.69. The van der Waals surface area contributed by atoms with Crippen LogP contribution < -0.4 is 20.9 Å². The van der Waals surface area contributed by atoms with Crippen LogP contribution in [0.4, 0.5) is 10.6 Å². The van der Waals surface area contributed by atoms with E-state index in [9.17, 15) is 9.59 Å². The summed E-state index contributed by atoms with van der Waals surface area (Å²) < 4.78 is 5.61. The number of fused-ring (bicyclic) bond motifs is 1. The highest BCUT2D eigenvalue weighted by Gasteiger charge is 2.46. The number of amides is 2. The molecule has 2 amide bonds. The third-order valence-corrected chi connectivity index (χ3v) is 8.91. The Morgan fingerprint density at radius 3 is 2.44 bits per heavy atom. The third kappa shape index (κ3) is 7.54. The number of ether oxygens (including phenoxy) is 1. The van der Waals surface area contributed by atoms with Crippen LogP contribution in [-0.4, -0.2) is 88.8 Å². The Hall–Kier alpha value is -3.06. The van der Waals surface area contributed by atoms with Gasteiger partial charge in [0, 0.05) is 57.0 Å². The van der Waals surface area contributed by atoms with Crippen molar-refractivity contribution in [2.45, 2.75) is 56.0 Å². The summed E-state index contributed by atoms with van der Waals surface area (Å²) in [5, 5.41) is 11.1. The molecule has 1 aromatic carbocycles. The average molecular weight is 629 g/mol. The summed E-state index contributed by atoms with van der Waals surface area (Å²) in [6.07, 6.45) is 3.97. The summed E-state index contributed by atoms with van der Waals surface area (Å²) in [5.41, 5.74) is -0.370. The zero-order valence-corrected chi connectivity index (χ0v) is 26.6. The standard InChI is InChI=1S/C30H41ClN8O3S/c1-28(2,3)42-27(41)37-29(9-16-39(17-10-29)25-23-8-12-33-24(23)34-20-35-25)26(40)36-30(43,21-4-6-22(31)7-5-21)11-15-38-18-13-32-14-19-38/h4-8,12,20,32,43H,9-11,13-19H2,1-3H3,(H,36,40)(H,37,41)(H,33,34,35)/t30-/m0/s1. The largest absolute Gasteiger partial charge is 0.444 e. The highest BCUT2D eigenvalue weighted by Crippen LogP contribution is 2.35. The van der Waals surface area contributed by atoms with Crippen LogP contribution in [0.1, 0.15) is 45.6 Å². The quantitative estimate of drug-likeness (QED) is 0.189. The van der Waals surface area contributed by atoms with E-state index in [1.54, 1.807) is 32.9 Å². The summed E-state index contributed by atoms with van der Waals surface area (Å²) in [5.74, 6) is 0.482. The topological polar surface area (TPSA) is 128 Å². The first kappa shape index (κ1) is 31.4. The molecule has 2 aliphatic heterocycles. The van der Waals surface area contributed by atoms with Crippen LogP contribution in [0.2, 0.25) is 5.02 Å². The molecule has 43 heavy (non-hydrogen) atoms. The number of piperazine rings is 1. The second-order valence-electron chi connectivity index (χ2n) is 12.3. The number of hydrogen-bond donors (Lipinski definition) is 5. The van der Waals surface area contributed by atoms with Crippen molar-refractivity contribution >= 4 is 53.1 Å². The van der Waals surface area contributed by atoms with Crippen molar-refractivity contribution < 1.29 is 14.3 Å². The van der Waals surface area contributed by atoms with Gasteiger partial charge in [-0.1, -0.05) is 23.7 Å². The molecule has 1 atom stereocenters. The van der Waals surface area contributed by atoms with E-state index in [2.05, 4.69) is 40.7 Å². The van der Waals surface area contributed by atoms with Gasteiger partial charge in [-0.3, -0.25) is 4.79 Å².